The minimum atomic E-state index is -0.293. The average molecular weight is 372 g/mol. The van der Waals surface area contributed by atoms with Crippen LogP contribution in [0.2, 0.25) is 0 Å². The minimum absolute atomic E-state index is 0.0650. The molecule has 0 amide bonds. The van der Waals surface area contributed by atoms with Gasteiger partial charge in [0.1, 0.15) is 11.3 Å². The lowest BCUT2D eigenvalue weighted by molar-refractivity contribution is -0.113. The number of rotatable bonds is 5. The van der Waals surface area contributed by atoms with Crippen LogP contribution < -0.4 is 10.4 Å². The number of hydrogen-bond donors (Lipinski definition) is 0. The van der Waals surface area contributed by atoms with Gasteiger partial charge in [-0.3, -0.25) is 0 Å². The van der Waals surface area contributed by atoms with E-state index in [1.165, 1.54) is 0 Å². The second-order valence-corrected chi connectivity index (χ2v) is 7.50. The summed E-state index contributed by atoms with van der Waals surface area (Å²) in [6, 6.07) is 7.52. The van der Waals surface area contributed by atoms with Gasteiger partial charge in [0.2, 0.25) is 6.29 Å². The van der Waals surface area contributed by atoms with Crippen molar-refractivity contribution >= 4 is 11.0 Å². The number of benzene rings is 1. The van der Waals surface area contributed by atoms with Crippen molar-refractivity contribution in [3.8, 4) is 5.75 Å². The Morgan fingerprint density at radius 2 is 2.04 bits per heavy atom. The van der Waals surface area contributed by atoms with E-state index >= 15 is 0 Å². The Morgan fingerprint density at radius 1 is 1.11 bits per heavy atom. The van der Waals surface area contributed by atoms with Crippen LogP contribution in [0.3, 0.4) is 0 Å². The van der Waals surface area contributed by atoms with Crippen molar-refractivity contribution in [2.45, 2.75) is 50.6 Å². The Kier molecular flexibility index (Phi) is 4.63. The van der Waals surface area contributed by atoms with E-state index < -0.39 is 0 Å². The normalized spacial score (nSPS) is 29.5. The van der Waals surface area contributed by atoms with Gasteiger partial charge >= 0.3 is 5.63 Å². The van der Waals surface area contributed by atoms with Crippen molar-refractivity contribution in [1.82, 2.24) is 0 Å². The van der Waals surface area contributed by atoms with E-state index in [9.17, 15) is 4.79 Å². The summed E-state index contributed by atoms with van der Waals surface area (Å²) in [5.41, 5.74) is 0.926. The zero-order valence-electron chi connectivity index (χ0n) is 15.2. The molecule has 4 atom stereocenters. The third-order valence-electron chi connectivity index (χ3n) is 5.85. The molecule has 6 nitrogen and oxygen atoms in total. The van der Waals surface area contributed by atoms with Gasteiger partial charge in [0, 0.05) is 31.5 Å². The van der Waals surface area contributed by atoms with Crippen LogP contribution >= 0.6 is 0 Å². The highest BCUT2D eigenvalue weighted by molar-refractivity contribution is 5.84. The van der Waals surface area contributed by atoms with Crippen LogP contribution in [-0.4, -0.2) is 32.4 Å². The second-order valence-electron chi connectivity index (χ2n) is 7.50. The SMILES string of the molecule is O=c1oc2ccccc2c2c1[C@H](CCCOC1CCCO1)C1CCO[C@@H]1O2. The first kappa shape index (κ1) is 17.2. The molecule has 3 aliphatic heterocycles. The van der Waals surface area contributed by atoms with Gasteiger partial charge in [-0.1, -0.05) is 12.1 Å². The molecule has 2 saturated heterocycles. The van der Waals surface area contributed by atoms with Gasteiger partial charge < -0.3 is 23.4 Å². The topological polar surface area (TPSA) is 67.1 Å². The van der Waals surface area contributed by atoms with Crippen LogP contribution in [0.25, 0.3) is 11.0 Å². The molecule has 3 aliphatic rings. The molecule has 0 aliphatic carbocycles. The van der Waals surface area contributed by atoms with E-state index in [1.54, 1.807) is 6.07 Å². The molecule has 2 fully saturated rings. The largest absolute Gasteiger partial charge is 0.463 e. The summed E-state index contributed by atoms with van der Waals surface area (Å²) in [5, 5.41) is 0.835. The Hall–Kier alpha value is -1.89. The number of ether oxygens (including phenoxy) is 4. The summed E-state index contributed by atoms with van der Waals surface area (Å²) in [6.45, 7) is 2.08. The fourth-order valence-corrected chi connectivity index (χ4v) is 4.56. The molecule has 0 saturated carbocycles. The van der Waals surface area contributed by atoms with E-state index in [1.807, 2.05) is 18.2 Å². The summed E-state index contributed by atoms with van der Waals surface area (Å²) in [4.78, 5) is 12.8. The lowest BCUT2D eigenvalue weighted by atomic mass is 9.79. The highest BCUT2D eigenvalue weighted by Crippen LogP contribution is 2.47. The molecule has 0 spiro atoms. The van der Waals surface area contributed by atoms with E-state index in [2.05, 4.69) is 0 Å². The van der Waals surface area contributed by atoms with E-state index in [0.29, 0.717) is 30.1 Å². The van der Waals surface area contributed by atoms with Crippen molar-refractivity contribution in [3.05, 3.63) is 40.2 Å². The molecule has 2 unspecified atom stereocenters. The fraction of sp³-hybridized carbons (Fsp3) is 0.571. The minimum Gasteiger partial charge on any atom is -0.463 e. The van der Waals surface area contributed by atoms with Gasteiger partial charge in [-0.2, -0.15) is 0 Å². The second kappa shape index (κ2) is 7.26. The highest BCUT2D eigenvalue weighted by atomic mass is 16.7. The van der Waals surface area contributed by atoms with Gasteiger partial charge in [0.15, 0.2) is 6.29 Å². The first-order valence-electron chi connectivity index (χ1n) is 9.88. The van der Waals surface area contributed by atoms with Crippen molar-refractivity contribution < 1.29 is 23.4 Å². The molecule has 1 aromatic carbocycles. The quantitative estimate of drug-likeness (QED) is 0.590. The van der Waals surface area contributed by atoms with Crippen molar-refractivity contribution in [2.24, 2.45) is 5.92 Å². The monoisotopic (exact) mass is 372 g/mol. The van der Waals surface area contributed by atoms with E-state index in [0.717, 1.165) is 44.1 Å². The summed E-state index contributed by atoms with van der Waals surface area (Å²) < 4.78 is 28.9. The predicted molar refractivity (Wildman–Crippen MR) is 97.9 cm³/mol. The Bertz CT molecular complexity index is 869. The first-order chi connectivity index (χ1) is 13.3. The molecular weight excluding hydrogens is 348 g/mol. The number of fused-ring (bicyclic) bond motifs is 4. The average Bonchev–Trinajstić information content (AvgIpc) is 3.36. The predicted octanol–water partition coefficient (Wildman–Crippen LogP) is 3.56. The molecule has 0 N–H and O–H groups in total. The highest BCUT2D eigenvalue weighted by Gasteiger charge is 2.44. The Balaban J connectivity index is 1.42. The molecule has 0 radical (unpaired) electrons. The zero-order valence-corrected chi connectivity index (χ0v) is 15.2. The maximum absolute atomic E-state index is 12.8. The summed E-state index contributed by atoms with van der Waals surface area (Å²) >= 11 is 0. The van der Waals surface area contributed by atoms with Gasteiger partial charge in [-0.25, -0.2) is 4.79 Å². The van der Waals surface area contributed by atoms with Gasteiger partial charge in [-0.15, -0.1) is 0 Å². The fourth-order valence-electron chi connectivity index (χ4n) is 4.56. The Labute approximate surface area is 157 Å². The molecule has 27 heavy (non-hydrogen) atoms. The Morgan fingerprint density at radius 3 is 2.93 bits per heavy atom. The van der Waals surface area contributed by atoms with Crippen LogP contribution in [0, 0.1) is 5.92 Å². The van der Waals surface area contributed by atoms with Crippen LogP contribution in [0.4, 0.5) is 0 Å². The standard InChI is InChI=1S/C21H24O6/c22-20-18-13(6-3-10-23-17-8-4-11-24-17)14-9-12-25-21(14)27-19(18)15-5-1-2-7-16(15)26-20/h1-2,5,7,13-14,17,21H,3-4,6,8-12H2/t13-,14?,17?,21-/m1/s1. The maximum Gasteiger partial charge on any atom is 0.343 e. The van der Waals surface area contributed by atoms with Crippen molar-refractivity contribution in [1.29, 1.82) is 0 Å². The van der Waals surface area contributed by atoms with E-state index in [-0.39, 0.29) is 30.0 Å². The van der Waals surface area contributed by atoms with Gasteiger partial charge in [0.05, 0.1) is 17.6 Å². The van der Waals surface area contributed by atoms with Crippen LogP contribution in [0.1, 0.15) is 43.6 Å². The third-order valence-corrected chi connectivity index (χ3v) is 5.85. The lowest BCUT2D eigenvalue weighted by Crippen LogP contribution is -2.36. The smallest absolute Gasteiger partial charge is 0.343 e. The number of para-hydroxylation sites is 1. The molecular formula is C21H24O6. The van der Waals surface area contributed by atoms with Crippen molar-refractivity contribution in [2.75, 3.05) is 19.8 Å². The summed E-state index contributed by atoms with van der Waals surface area (Å²) in [7, 11) is 0. The maximum atomic E-state index is 12.8. The molecule has 0 bridgehead atoms. The van der Waals surface area contributed by atoms with Gasteiger partial charge in [-0.05, 0) is 37.8 Å². The van der Waals surface area contributed by atoms with Crippen LogP contribution in [0.15, 0.2) is 33.5 Å². The van der Waals surface area contributed by atoms with Gasteiger partial charge in [0.25, 0.3) is 0 Å². The van der Waals surface area contributed by atoms with Crippen LogP contribution in [-0.2, 0) is 14.2 Å². The number of hydrogen-bond acceptors (Lipinski definition) is 6. The molecule has 2 aromatic rings. The summed E-state index contributed by atoms with van der Waals surface area (Å²) in [6.07, 6.45) is 4.28. The third kappa shape index (κ3) is 3.16. The van der Waals surface area contributed by atoms with Crippen molar-refractivity contribution in [3.63, 3.8) is 0 Å². The molecule has 144 valence electrons. The molecule has 1 aromatic heterocycles. The first-order valence-corrected chi connectivity index (χ1v) is 9.88. The molecule has 6 heteroatoms. The molecule has 5 rings (SSSR count). The van der Waals surface area contributed by atoms with Crippen LogP contribution in [0.5, 0.6) is 5.75 Å². The lowest BCUT2D eigenvalue weighted by Gasteiger charge is -2.34. The van der Waals surface area contributed by atoms with E-state index in [4.69, 9.17) is 23.4 Å². The molecule has 4 heterocycles. The zero-order chi connectivity index (χ0) is 18.2. The summed E-state index contributed by atoms with van der Waals surface area (Å²) in [5.74, 6) is 0.884.